The molecule has 0 aliphatic heterocycles. The van der Waals surface area contributed by atoms with E-state index in [1.54, 1.807) is 0 Å². The van der Waals surface area contributed by atoms with E-state index in [4.69, 9.17) is 10.4 Å². The first-order chi connectivity index (χ1) is 12.1. The van der Waals surface area contributed by atoms with Gasteiger partial charge in [0.15, 0.2) is 0 Å². The third kappa shape index (κ3) is 2.73. The number of hydrogen-bond acceptors (Lipinski definition) is 3. The van der Waals surface area contributed by atoms with Crippen LogP contribution in [0.5, 0.6) is 5.75 Å². The van der Waals surface area contributed by atoms with Gasteiger partial charge in [0, 0.05) is 18.0 Å². The summed E-state index contributed by atoms with van der Waals surface area (Å²) in [4.78, 5) is 11.0. The quantitative estimate of drug-likeness (QED) is 0.758. The monoisotopic (exact) mass is 359 g/mol. The molecule has 1 heterocycles. The number of nitriles is 1. The average molecular weight is 359 g/mol. The minimum absolute atomic E-state index is 0.126. The van der Waals surface area contributed by atoms with E-state index in [2.05, 4.69) is 0 Å². The summed E-state index contributed by atoms with van der Waals surface area (Å²) in [6, 6.07) is 8.99. The number of carbonyl (C=O) groups is 1. The molecule has 0 bridgehead atoms. The molecular weight excluding hydrogens is 349 g/mol. The van der Waals surface area contributed by atoms with Crippen LogP contribution in [0, 0.1) is 11.3 Å². The van der Waals surface area contributed by atoms with Gasteiger partial charge in [-0.1, -0.05) is 17.9 Å². The third-order valence-electron chi connectivity index (χ3n) is 4.07. The van der Waals surface area contributed by atoms with E-state index in [1.165, 1.54) is 25.2 Å². The summed E-state index contributed by atoms with van der Waals surface area (Å²) < 4.78 is 40.6. The fourth-order valence-corrected chi connectivity index (χ4v) is 2.93. The lowest BCUT2D eigenvalue weighted by atomic mass is 9.98. The summed E-state index contributed by atoms with van der Waals surface area (Å²) in [5.74, 6) is -2.16. The van der Waals surface area contributed by atoms with Crippen LogP contribution in [0.2, 0.25) is 0 Å². The van der Waals surface area contributed by atoms with Crippen LogP contribution in [-0.4, -0.2) is 15.6 Å². The Morgan fingerprint density at radius 2 is 1.92 bits per heavy atom. The Bertz CT molecular complexity index is 1090. The highest BCUT2D eigenvalue weighted by Gasteiger charge is 2.35. The van der Waals surface area contributed by atoms with Gasteiger partial charge in [-0.15, -0.1) is 0 Å². The normalized spacial score (nSPS) is 11.5. The zero-order valence-electron chi connectivity index (χ0n) is 13.3. The van der Waals surface area contributed by atoms with Gasteiger partial charge in [0.25, 0.3) is 0 Å². The molecule has 0 saturated carbocycles. The van der Waals surface area contributed by atoms with E-state index in [0.717, 1.165) is 22.8 Å². The van der Waals surface area contributed by atoms with E-state index in [0.29, 0.717) is 0 Å². The Morgan fingerprint density at radius 3 is 2.46 bits per heavy atom. The number of hydrogen-bond donors (Lipinski definition) is 1. The lowest BCUT2D eigenvalue weighted by Gasteiger charge is -2.15. The van der Waals surface area contributed by atoms with E-state index < -0.39 is 29.2 Å². The largest absolute Gasteiger partial charge is 0.872 e. The summed E-state index contributed by atoms with van der Waals surface area (Å²) in [5, 5.41) is 30.3. The Labute approximate surface area is 145 Å². The van der Waals surface area contributed by atoms with E-state index in [9.17, 15) is 23.1 Å². The maximum atomic E-state index is 13.2. The number of carboxylic acids is 1. The summed E-state index contributed by atoms with van der Waals surface area (Å²) in [6.07, 6.45) is -4.59. The number of aryl methyl sites for hydroxylation is 1. The predicted molar refractivity (Wildman–Crippen MR) is 84.5 cm³/mol. The predicted octanol–water partition coefficient (Wildman–Crippen LogP) is 3.51. The highest BCUT2D eigenvalue weighted by Crippen LogP contribution is 2.38. The molecule has 3 rings (SSSR count). The molecule has 8 heteroatoms. The maximum Gasteiger partial charge on any atom is 0.431 e. The number of aromatic carboxylic acids is 1. The molecule has 1 N–H and O–H groups in total. The van der Waals surface area contributed by atoms with E-state index in [-0.39, 0.29) is 27.6 Å². The van der Waals surface area contributed by atoms with Crippen LogP contribution >= 0.6 is 0 Å². The highest BCUT2D eigenvalue weighted by molar-refractivity contribution is 5.98. The van der Waals surface area contributed by atoms with Crippen LogP contribution in [0.3, 0.4) is 0 Å². The van der Waals surface area contributed by atoms with Crippen molar-refractivity contribution >= 4 is 16.9 Å². The molecule has 3 aromatic rings. The summed E-state index contributed by atoms with van der Waals surface area (Å²) >= 11 is 0. The molecular formula is C18H10F3N2O3-. The molecule has 0 radical (unpaired) electrons. The number of halogens is 3. The molecule has 0 amide bonds. The molecule has 5 nitrogen and oxygen atoms in total. The van der Waals surface area contributed by atoms with E-state index in [1.807, 2.05) is 6.07 Å². The van der Waals surface area contributed by atoms with Crippen molar-refractivity contribution in [2.24, 2.45) is 7.05 Å². The van der Waals surface area contributed by atoms with Crippen molar-refractivity contribution in [1.82, 2.24) is 4.57 Å². The Hall–Kier alpha value is -3.47. The van der Waals surface area contributed by atoms with Crippen molar-refractivity contribution in [1.29, 1.82) is 5.26 Å². The molecule has 0 unspecified atom stereocenters. The lowest BCUT2D eigenvalue weighted by molar-refractivity contribution is -0.268. The van der Waals surface area contributed by atoms with Crippen molar-refractivity contribution in [3.8, 4) is 22.9 Å². The standard InChI is InChI=1S/C18H11F3N2O3/c1-23-15(18(19,20)21)7-11-4-9(8-22)5-13(16(11)23)10-2-3-12(17(25)26)14(24)6-10/h2-7,24H,1H3,(H,25,26)/p-1. The van der Waals surface area contributed by atoms with Gasteiger partial charge < -0.3 is 14.8 Å². The van der Waals surface area contributed by atoms with Crippen LogP contribution in [0.25, 0.3) is 22.0 Å². The van der Waals surface area contributed by atoms with Gasteiger partial charge in [-0.3, -0.25) is 0 Å². The summed E-state index contributed by atoms with van der Waals surface area (Å²) in [7, 11) is 1.24. The summed E-state index contributed by atoms with van der Waals surface area (Å²) in [5.41, 5.74) is -0.541. The summed E-state index contributed by atoms with van der Waals surface area (Å²) in [6.45, 7) is 0. The highest BCUT2D eigenvalue weighted by atomic mass is 19.4. The lowest BCUT2D eigenvalue weighted by Crippen LogP contribution is -2.10. The van der Waals surface area contributed by atoms with Gasteiger partial charge in [-0.2, -0.15) is 18.4 Å². The van der Waals surface area contributed by atoms with Crippen molar-refractivity contribution in [3.63, 3.8) is 0 Å². The van der Waals surface area contributed by atoms with Crippen LogP contribution in [-0.2, 0) is 13.2 Å². The van der Waals surface area contributed by atoms with Gasteiger partial charge in [0.05, 0.1) is 22.7 Å². The van der Waals surface area contributed by atoms with E-state index >= 15 is 0 Å². The first-order valence-corrected chi connectivity index (χ1v) is 7.29. The molecule has 0 aliphatic rings. The molecule has 0 spiro atoms. The third-order valence-corrected chi connectivity index (χ3v) is 4.07. The Balaban J connectivity index is 2.35. The first kappa shape index (κ1) is 17.4. The smallest absolute Gasteiger partial charge is 0.431 e. The number of nitrogens with zero attached hydrogens (tertiary/aromatic N) is 2. The van der Waals surface area contributed by atoms with Gasteiger partial charge in [0.2, 0.25) is 0 Å². The van der Waals surface area contributed by atoms with Crippen LogP contribution in [0.1, 0.15) is 21.6 Å². The Kier molecular flexibility index (Phi) is 3.88. The zero-order chi connectivity index (χ0) is 19.2. The van der Waals surface area contributed by atoms with Crippen LogP contribution in [0.15, 0.2) is 36.4 Å². The molecule has 0 aliphatic carbocycles. The molecule has 0 fully saturated rings. The van der Waals surface area contributed by atoms with Crippen molar-refractivity contribution in [3.05, 3.63) is 53.2 Å². The SMILES string of the molecule is Cn1c(C(F)(F)F)cc2cc(C#N)cc(-c3ccc(C(=O)O)c([O-])c3)c21. The van der Waals surface area contributed by atoms with Gasteiger partial charge in [-0.25, -0.2) is 4.79 Å². The molecule has 2 aromatic carbocycles. The van der Waals surface area contributed by atoms with Gasteiger partial charge >= 0.3 is 12.1 Å². The van der Waals surface area contributed by atoms with Gasteiger partial charge in [0.1, 0.15) is 5.69 Å². The molecule has 1 aromatic heterocycles. The van der Waals surface area contributed by atoms with Crippen LogP contribution < -0.4 is 5.11 Å². The molecule has 0 atom stereocenters. The number of rotatable bonds is 2. The van der Waals surface area contributed by atoms with Crippen molar-refractivity contribution in [2.45, 2.75) is 6.18 Å². The fourth-order valence-electron chi connectivity index (χ4n) is 2.93. The average Bonchev–Trinajstić information content (AvgIpc) is 2.90. The second kappa shape index (κ2) is 5.81. The van der Waals surface area contributed by atoms with Crippen molar-refractivity contribution in [2.75, 3.05) is 0 Å². The topological polar surface area (TPSA) is 89.1 Å². The minimum atomic E-state index is -4.59. The van der Waals surface area contributed by atoms with Crippen molar-refractivity contribution < 1.29 is 28.2 Å². The Morgan fingerprint density at radius 1 is 1.23 bits per heavy atom. The maximum absolute atomic E-state index is 13.2. The second-order valence-electron chi connectivity index (χ2n) is 5.68. The second-order valence-corrected chi connectivity index (χ2v) is 5.68. The molecule has 132 valence electrons. The minimum Gasteiger partial charge on any atom is -0.872 e. The molecule has 26 heavy (non-hydrogen) atoms. The van der Waals surface area contributed by atoms with Gasteiger partial charge in [-0.05, 0) is 29.8 Å². The number of carboxylic acid groups (broad SMARTS) is 1. The van der Waals surface area contributed by atoms with Crippen LogP contribution in [0.4, 0.5) is 13.2 Å². The first-order valence-electron chi connectivity index (χ1n) is 7.29. The number of fused-ring (bicyclic) bond motifs is 1. The molecule has 0 saturated heterocycles. The number of alkyl halides is 3. The number of aromatic nitrogens is 1. The number of benzene rings is 2. The zero-order valence-corrected chi connectivity index (χ0v) is 13.3. The fraction of sp³-hybridized carbons (Fsp3) is 0.111.